The van der Waals surface area contributed by atoms with Gasteiger partial charge in [-0.1, -0.05) is 120 Å². The van der Waals surface area contributed by atoms with Crippen LogP contribution in [-0.4, -0.2) is 39.9 Å². The number of rotatable bonds is 6. The summed E-state index contributed by atoms with van der Waals surface area (Å²) in [4.78, 5) is 32.1. The summed E-state index contributed by atoms with van der Waals surface area (Å²) < 4.78 is 0. The van der Waals surface area contributed by atoms with E-state index in [1.807, 2.05) is 0 Å². The Balaban J connectivity index is 0. The molecule has 8 rings (SSSR count). The first-order valence-electron chi connectivity index (χ1n) is 17.7. The minimum Gasteiger partial charge on any atom is -0.494 e. The Bertz CT molecular complexity index is 2310. The maximum absolute atomic E-state index is 8.14. The summed E-state index contributed by atoms with van der Waals surface area (Å²) >= 11 is 22.3. The average molecular weight is 1070 g/mol. The SMILES string of the molecule is N#C[N-]c1ccc(Cl)cc1.N#C[N-]c1ccc(Cl)cc1.N#C[N-]c1ccc(Cl)cc1.N#C[N-]c1ccc(Cl)cc1.[Mn+2].[Mn+2].[OH3+].[OH3+].c1cnc(-c2ncccn2)nc1.c1cnc(-c2ncccn2)nc1. The van der Waals surface area contributed by atoms with Gasteiger partial charge < -0.3 is 53.3 Å². The summed E-state index contributed by atoms with van der Waals surface area (Å²) in [6, 6.07) is 34.1. The molecule has 0 aliphatic rings. The number of benzene rings is 4. The smallest absolute Gasteiger partial charge is 0.494 e. The molecule has 18 nitrogen and oxygen atoms in total. The van der Waals surface area contributed by atoms with Gasteiger partial charge in [-0.05, 0) is 95.5 Å². The average Bonchev–Trinajstić information content (AvgIpc) is 3.34. The third-order valence-electron chi connectivity index (χ3n) is 6.69. The molecule has 0 aliphatic heterocycles. The van der Waals surface area contributed by atoms with Crippen LogP contribution >= 0.6 is 46.4 Å². The first-order valence-corrected chi connectivity index (χ1v) is 19.3. The molecule has 2 radical (unpaired) electrons. The fourth-order valence-corrected chi connectivity index (χ4v) is 4.46. The van der Waals surface area contributed by atoms with Crippen LogP contribution in [0.2, 0.25) is 20.1 Å². The molecule has 0 aliphatic carbocycles. The minimum atomic E-state index is 0. The van der Waals surface area contributed by atoms with Gasteiger partial charge in [-0.2, -0.15) is 0 Å². The zero-order valence-electron chi connectivity index (χ0n) is 34.7. The summed E-state index contributed by atoms with van der Waals surface area (Å²) in [5, 5.41) is 49.1. The molecule has 0 unspecified atom stereocenters. The number of aromatic nitrogens is 8. The van der Waals surface area contributed by atoms with Crippen LogP contribution in [0.1, 0.15) is 0 Å². The standard InChI is InChI=1S/2C8H6N4.4C7H4ClN2.2Mn.2H2O/c2*1-3-9-7(10-4-1)8-11-5-2-6-12-8;4*8-6-1-3-7(4-2-6)10-5-9;;;;/h2*1-6H;4*1-4H;;;2*1H2/q;;4*-1;2*+2;;/p+2. The Morgan fingerprint density at radius 2 is 0.441 bits per heavy atom. The normalized spacial score (nSPS) is 8.35. The van der Waals surface area contributed by atoms with E-state index in [-0.39, 0.29) is 45.1 Å². The zero-order valence-corrected chi connectivity index (χ0v) is 40.1. The second-order valence-electron chi connectivity index (χ2n) is 11.0. The van der Waals surface area contributed by atoms with Gasteiger partial charge in [0.05, 0.1) is 0 Å². The van der Waals surface area contributed by atoms with Crippen molar-refractivity contribution < 1.29 is 45.1 Å². The van der Waals surface area contributed by atoms with Crippen LogP contribution in [0.25, 0.3) is 44.6 Å². The fraction of sp³-hybridized carbons (Fsp3) is 0. The van der Waals surface area contributed by atoms with Crippen LogP contribution < -0.4 is 0 Å². The molecule has 342 valence electrons. The fourth-order valence-electron chi connectivity index (χ4n) is 3.95. The van der Waals surface area contributed by atoms with Gasteiger partial charge in [0.1, 0.15) is 0 Å². The minimum absolute atomic E-state index is 0. The van der Waals surface area contributed by atoms with Gasteiger partial charge in [-0.15, -0.1) is 0 Å². The van der Waals surface area contributed by atoms with Gasteiger partial charge in [-0.25, -0.2) is 39.9 Å². The van der Waals surface area contributed by atoms with E-state index < -0.39 is 0 Å². The molecule has 0 atom stereocenters. The Kier molecular flexibility index (Phi) is 35.6. The molecule has 8 aromatic rings. The predicted molar refractivity (Wildman–Crippen MR) is 256 cm³/mol. The Hall–Kier alpha value is -7.52. The first kappa shape index (κ1) is 62.6. The molecule has 0 spiro atoms. The van der Waals surface area contributed by atoms with E-state index in [1.165, 1.54) is 0 Å². The Morgan fingerprint density at radius 3 is 0.574 bits per heavy atom. The van der Waals surface area contributed by atoms with Gasteiger partial charge in [-0.3, -0.25) is 0 Å². The second-order valence-corrected chi connectivity index (χ2v) is 12.8. The molecule has 0 amide bonds. The molecular formula is C44H34Cl4Mn2N16O2+2. The van der Waals surface area contributed by atoms with Crippen molar-refractivity contribution in [2.45, 2.75) is 0 Å². The summed E-state index contributed by atoms with van der Waals surface area (Å²) in [5.74, 6) is 2.22. The maximum Gasteiger partial charge on any atom is 2.00 e. The summed E-state index contributed by atoms with van der Waals surface area (Å²) in [6.07, 6.45) is 20.1. The molecular weight excluding hydrogens is 1040 g/mol. The Labute approximate surface area is 432 Å². The second kappa shape index (κ2) is 38.7. The van der Waals surface area contributed by atoms with Gasteiger partial charge in [0, 0.05) is 69.7 Å². The molecule has 0 bridgehead atoms. The van der Waals surface area contributed by atoms with Gasteiger partial charge in [0.2, 0.25) is 0 Å². The number of hydrogen-bond acceptors (Lipinski definition) is 12. The summed E-state index contributed by atoms with van der Waals surface area (Å²) in [7, 11) is 0. The first-order chi connectivity index (χ1) is 31.2. The molecule has 0 fully saturated rings. The summed E-state index contributed by atoms with van der Waals surface area (Å²) in [5.41, 5.74) is 2.53. The van der Waals surface area contributed by atoms with Crippen molar-refractivity contribution in [3.05, 3.63) is 212 Å². The van der Waals surface area contributed by atoms with Crippen molar-refractivity contribution in [1.29, 1.82) is 21.0 Å². The van der Waals surface area contributed by atoms with Gasteiger partial charge in [0.15, 0.2) is 23.3 Å². The van der Waals surface area contributed by atoms with E-state index in [2.05, 4.69) is 61.1 Å². The Morgan fingerprint density at radius 1 is 0.294 bits per heavy atom. The van der Waals surface area contributed by atoms with Crippen LogP contribution in [-0.2, 0) is 45.1 Å². The maximum atomic E-state index is 8.14. The number of hydrogen-bond donors (Lipinski definition) is 0. The van der Waals surface area contributed by atoms with E-state index in [0.717, 1.165) is 0 Å². The van der Waals surface area contributed by atoms with Crippen molar-refractivity contribution in [3.8, 4) is 48.1 Å². The van der Waals surface area contributed by atoms with Crippen molar-refractivity contribution in [1.82, 2.24) is 39.9 Å². The van der Waals surface area contributed by atoms with E-state index in [0.29, 0.717) is 66.1 Å². The van der Waals surface area contributed by atoms with E-state index >= 15 is 0 Å². The van der Waals surface area contributed by atoms with Crippen molar-refractivity contribution in [3.63, 3.8) is 0 Å². The van der Waals surface area contributed by atoms with Crippen molar-refractivity contribution in [2.75, 3.05) is 0 Å². The molecule has 4 aromatic heterocycles. The topological polar surface area (TPSA) is 321 Å². The van der Waals surface area contributed by atoms with E-state index in [9.17, 15) is 0 Å². The number of halogens is 4. The third kappa shape index (κ3) is 27.1. The molecule has 68 heavy (non-hydrogen) atoms. The molecule has 4 aromatic carbocycles. The van der Waals surface area contributed by atoms with Crippen LogP contribution in [0.4, 0.5) is 22.7 Å². The largest absolute Gasteiger partial charge is 2.00 e. The van der Waals surface area contributed by atoms with Crippen LogP contribution in [0.15, 0.2) is 171 Å². The molecule has 0 saturated heterocycles. The molecule has 24 heteroatoms. The monoisotopic (exact) mass is 1070 g/mol. The van der Waals surface area contributed by atoms with Crippen LogP contribution in [0.5, 0.6) is 0 Å². The van der Waals surface area contributed by atoms with Crippen molar-refractivity contribution in [2.24, 2.45) is 0 Å². The quantitative estimate of drug-likeness (QED) is 0.0852. The number of nitrogens with zero attached hydrogens (tertiary/aromatic N) is 16. The van der Waals surface area contributed by atoms with E-state index in [4.69, 9.17) is 67.5 Å². The molecule has 4 heterocycles. The third-order valence-corrected chi connectivity index (χ3v) is 7.69. The van der Waals surface area contributed by atoms with Crippen molar-refractivity contribution >= 4 is 69.2 Å². The predicted octanol–water partition coefficient (Wildman–Crippen LogP) is 11.3. The van der Waals surface area contributed by atoms with Gasteiger partial charge in [0.25, 0.3) is 0 Å². The molecule has 6 N–H and O–H groups in total. The van der Waals surface area contributed by atoms with Crippen LogP contribution in [0, 0.1) is 45.8 Å². The van der Waals surface area contributed by atoms with Crippen LogP contribution in [0.3, 0.4) is 0 Å². The zero-order chi connectivity index (χ0) is 46.0. The summed E-state index contributed by atoms with van der Waals surface area (Å²) in [6.45, 7) is 0. The molecule has 0 saturated carbocycles. The van der Waals surface area contributed by atoms with E-state index in [1.54, 1.807) is 196 Å². The number of nitriles is 4. The van der Waals surface area contributed by atoms with Gasteiger partial charge >= 0.3 is 34.1 Å².